The van der Waals surface area contributed by atoms with Crippen molar-refractivity contribution in [2.45, 2.75) is 0 Å². The van der Waals surface area contributed by atoms with Gasteiger partial charge in [-0.2, -0.15) is 10.5 Å². The number of hydrogen-bond acceptors (Lipinski definition) is 3. The Labute approximate surface area is 247 Å². The fourth-order valence-corrected chi connectivity index (χ4v) is 6.32. The van der Waals surface area contributed by atoms with Crippen molar-refractivity contribution in [1.29, 1.82) is 10.5 Å². The Morgan fingerprint density at radius 2 is 0.814 bits per heavy atom. The first kappa shape index (κ1) is 24.5. The van der Waals surface area contributed by atoms with Crippen LogP contribution in [-0.2, 0) is 0 Å². The van der Waals surface area contributed by atoms with Crippen molar-refractivity contribution in [3.63, 3.8) is 0 Å². The van der Waals surface area contributed by atoms with Crippen LogP contribution >= 0.6 is 0 Å². The molecular weight excluding hydrogens is 526 g/mol. The number of nitrogens with zero attached hydrogens (tertiary/aromatic N) is 4. The molecule has 0 saturated carbocycles. The molecule has 8 rings (SSSR count). The minimum atomic E-state index is 0.639. The van der Waals surface area contributed by atoms with Gasteiger partial charge < -0.3 is 14.5 Å². The van der Waals surface area contributed by atoms with Crippen LogP contribution in [0.3, 0.4) is 0 Å². The van der Waals surface area contributed by atoms with Crippen LogP contribution in [-0.4, -0.2) is 9.13 Å². The Morgan fingerprint density at radius 1 is 0.419 bits per heavy atom. The van der Waals surface area contributed by atoms with Gasteiger partial charge in [-0.05, 0) is 84.9 Å². The maximum atomic E-state index is 9.33. The minimum Gasteiger partial charge on any atom is -0.354 e. The molecule has 0 radical (unpaired) electrons. The van der Waals surface area contributed by atoms with Crippen LogP contribution in [0.4, 0.5) is 11.4 Å². The molecule has 200 valence electrons. The van der Waals surface area contributed by atoms with E-state index in [1.54, 1.807) is 0 Å². The topological polar surface area (TPSA) is 69.5 Å². The molecule has 1 N–H and O–H groups in total. The third-order valence-electron chi connectivity index (χ3n) is 8.17. The van der Waals surface area contributed by atoms with Gasteiger partial charge in [0.25, 0.3) is 0 Å². The molecule has 0 aliphatic rings. The van der Waals surface area contributed by atoms with E-state index in [9.17, 15) is 10.5 Å². The summed E-state index contributed by atoms with van der Waals surface area (Å²) in [7, 11) is 0. The fraction of sp³-hybridized carbons (Fsp3) is 0. The van der Waals surface area contributed by atoms with Gasteiger partial charge in [-0.3, -0.25) is 0 Å². The molecule has 6 aromatic carbocycles. The third-order valence-corrected chi connectivity index (χ3v) is 8.17. The second kappa shape index (κ2) is 9.66. The SMILES string of the molecule is N#Cc1ccc(-n2c3ccccc3c3c(Nc4cccc5c4c4ccccc4n5-c4ccc(C#N)cc4)cccc32)cc1. The highest BCUT2D eigenvalue weighted by atomic mass is 15.0. The quantitative estimate of drug-likeness (QED) is 0.238. The third kappa shape index (κ3) is 3.77. The summed E-state index contributed by atoms with van der Waals surface area (Å²) < 4.78 is 4.52. The Morgan fingerprint density at radius 3 is 1.23 bits per heavy atom. The molecule has 0 saturated heterocycles. The average Bonchev–Trinajstić information content (AvgIpc) is 3.59. The van der Waals surface area contributed by atoms with Crippen molar-refractivity contribution in [1.82, 2.24) is 9.13 Å². The number of anilines is 2. The molecule has 8 aromatic rings. The Kier molecular flexibility index (Phi) is 5.50. The molecule has 2 aromatic heterocycles. The van der Waals surface area contributed by atoms with E-state index in [1.165, 1.54) is 0 Å². The van der Waals surface area contributed by atoms with Crippen LogP contribution in [0.2, 0.25) is 0 Å². The summed E-state index contributed by atoms with van der Waals surface area (Å²) in [5.41, 5.74) is 9.71. The maximum absolute atomic E-state index is 9.33. The lowest BCUT2D eigenvalue weighted by atomic mass is 10.1. The number of aromatic nitrogens is 2. The van der Waals surface area contributed by atoms with Crippen LogP contribution in [0.15, 0.2) is 133 Å². The van der Waals surface area contributed by atoms with Gasteiger partial charge >= 0.3 is 0 Å². The first-order chi connectivity index (χ1) is 21.2. The molecular formula is C38H23N5. The predicted octanol–water partition coefficient (Wildman–Crippen LogP) is 9.37. The molecule has 5 heteroatoms. The number of nitriles is 2. The van der Waals surface area contributed by atoms with E-state index in [-0.39, 0.29) is 0 Å². The van der Waals surface area contributed by atoms with E-state index in [2.05, 4.69) is 112 Å². The van der Waals surface area contributed by atoms with Gasteiger partial charge in [-0.1, -0.05) is 48.5 Å². The van der Waals surface area contributed by atoms with E-state index in [1.807, 2.05) is 48.5 Å². The van der Waals surface area contributed by atoms with Crippen LogP contribution in [0.25, 0.3) is 55.0 Å². The molecule has 0 spiro atoms. The van der Waals surface area contributed by atoms with Crippen molar-refractivity contribution >= 4 is 55.0 Å². The van der Waals surface area contributed by atoms with E-state index in [4.69, 9.17) is 0 Å². The summed E-state index contributed by atoms with van der Waals surface area (Å²) >= 11 is 0. The van der Waals surface area contributed by atoms with Gasteiger partial charge in [-0.15, -0.1) is 0 Å². The van der Waals surface area contributed by atoms with Gasteiger partial charge in [0.05, 0.1) is 45.3 Å². The zero-order valence-electron chi connectivity index (χ0n) is 23.0. The molecule has 0 aliphatic heterocycles. The van der Waals surface area contributed by atoms with E-state index >= 15 is 0 Å². The van der Waals surface area contributed by atoms with Gasteiger partial charge in [0, 0.05) is 44.3 Å². The normalized spacial score (nSPS) is 11.2. The fourth-order valence-electron chi connectivity index (χ4n) is 6.32. The first-order valence-corrected chi connectivity index (χ1v) is 14.1. The molecule has 0 unspecified atom stereocenters. The maximum Gasteiger partial charge on any atom is 0.0991 e. The zero-order chi connectivity index (χ0) is 28.9. The highest BCUT2D eigenvalue weighted by molar-refractivity contribution is 6.19. The summed E-state index contributed by atoms with van der Waals surface area (Å²) in [6, 6.07) is 49.5. The van der Waals surface area contributed by atoms with Crippen LogP contribution in [0, 0.1) is 22.7 Å². The van der Waals surface area contributed by atoms with E-state index in [0.717, 1.165) is 66.4 Å². The summed E-state index contributed by atoms with van der Waals surface area (Å²) in [5.74, 6) is 0. The number of para-hydroxylation sites is 2. The highest BCUT2D eigenvalue weighted by Crippen LogP contribution is 2.41. The molecule has 0 bridgehead atoms. The van der Waals surface area contributed by atoms with E-state index in [0.29, 0.717) is 11.1 Å². The standard InChI is InChI=1S/C38H23N5/c39-23-25-15-19-27(20-16-25)42-33-11-3-1-7-29(33)37-31(9-5-13-35(37)42)41-32-10-6-14-36-38(32)30-8-2-4-12-34(30)43(36)28-21-17-26(24-40)18-22-28/h1-22,41H. The van der Waals surface area contributed by atoms with Crippen molar-refractivity contribution in [3.8, 4) is 23.5 Å². The Hall–Kier alpha value is -6.30. The number of nitrogens with one attached hydrogen (secondary N) is 1. The second-order valence-electron chi connectivity index (χ2n) is 10.5. The summed E-state index contributed by atoms with van der Waals surface area (Å²) in [6.07, 6.45) is 0. The lowest BCUT2D eigenvalue weighted by Crippen LogP contribution is -1.96. The summed E-state index contributed by atoms with van der Waals surface area (Å²) in [5, 5.41) is 27.1. The number of benzene rings is 6. The number of rotatable bonds is 4. The van der Waals surface area contributed by atoms with Crippen molar-refractivity contribution in [2.75, 3.05) is 5.32 Å². The zero-order valence-corrected chi connectivity index (χ0v) is 23.0. The average molecular weight is 550 g/mol. The predicted molar refractivity (Wildman–Crippen MR) is 174 cm³/mol. The molecule has 0 atom stereocenters. The molecule has 2 heterocycles. The smallest absolute Gasteiger partial charge is 0.0991 e. The van der Waals surface area contributed by atoms with E-state index < -0.39 is 0 Å². The Bertz CT molecular complexity index is 2260. The van der Waals surface area contributed by atoms with Crippen LogP contribution in [0.5, 0.6) is 0 Å². The Balaban J connectivity index is 1.35. The summed E-state index contributed by atoms with van der Waals surface area (Å²) in [4.78, 5) is 0. The second-order valence-corrected chi connectivity index (χ2v) is 10.5. The van der Waals surface area contributed by atoms with Crippen molar-refractivity contribution in [3.05, 3.63) is 145 Å². The van der Waals surface area contributed by atoms with Gasteiger partial charge in [0.15, 0.2) is 0 Å². The molecule has 0 amide bonds. The van der Waals surface area contributed by atoms with Crippen molar-refractivity contribution < 1.29 is 0 Å². The largest absolute Gasteiger partial charge is 0.354 e. The number of fused-ring (bicyclic) bond motifs is 6. The molecule has 0 aliphatic carbocycles. The molecule has 43 heavy (non-hydrogen) atoms. The lowest BCUT2D eigenvalue weighted by Gasteiger charge is -2.12. The summed E-state index contributed by atoms with van der Waals surface area (Å²) in [6.45, 7) is 0. The van der Waals surface area contributed by atoms with Gasteiger partial charge in [0.2, 0.25) is 0 Å². The molecule has 5 nitrogen and oxygen atoms in total. The van der Waals surface area contributed by atoms with Gasteiger partial charge in [0.1, 0.15) is 0 Å². The highest BCUT2D eigenvalue weighted by Gasteiger charge is 2.18. The van der Waals surface area contributed by atoms with Crippen LogP contribution in [0.1, 0.15) is 11.1 Å². The minimum absolute atomic E-state index is 0.639. The first-order valence-electron chi connectivity index (χ1n) is 14.1. The lowest BCUT2D eigenvalue weighted by molar-refractivity contribution is 1.18. The van der Waals surface area contributed by atoms with Crippen LogP contribution < -0.4 is 5.32 Å². The van der Waals surface area contributed by atoms with Gasteiger partial charge in [-0.25, -0.2) is 0 Å². The molecule has 0 fully saturated rings. The monoisotopic (exact) mass is 549 g/mol. The van der Waals surface area contributed by atoms with Crippen molar-refractivity contribution in [2.24, 2.45) is 0 Å². The number of hydrogen-bond donors (Lipinski definition) is 1.